The monoisotopic (exact) mass is 331 g/mol. The quantitative estimate of drug-likeness (QED) is 0.932. The van der Waals surface area contributed by atoms with Gasteiger partial charge in [0.25, 0.3) is 5.56 Å². The Labute approximate surface area is 139 Å². The smallest absolute Gasteiger partial charge is 0.251 e. The first kappa shape index (κ1) is 15.9. The average molecular weight is 331 g/mol. The van der Waals surface area contributed by atoms with Gasteiger partial charge < -0.3 is 9.88 Å². The topological polar surface area (TPSA) is 64.0 Å². The number of carbonyl (C=O) groups is 1. The third-order valence-corrected chi connectivity index (χ3v) is 5.08. The Bertz CT molecular complexity index is 778. The standard InChI is InChI=1S/C17H21N3O2S/c1-3-16(21)19-13-5-6-15-12(8-13)4-7-17(22)20(15)9-14-10-23-11(2)18-14/h4,7,10,13H,3,5-6,8-9H2,1-2H3,(H,19,21)/t13-/m1/s1. The lowest BCUT2D eigenvalue weighted by Crippen LogP contribution is -2.40. The number of hydrogen-bond acceptors (Lipinski definition) is 4. The summed E-state index contributed by atoms with van der Waals surface area (Å²) >= 11 is 1.60. The van der Waals surface area contributed by atoms with E-state index < -0.39 is 0 Å². The molecule has 2 heterocycles. The summed E-state index contributed by atoms with van der Waals surface area (Å²) in [4.78, 5) is 28.3. The van der Waals surface area contributed by atoms with Gasteiger partial charge in [0.1, 0.15) is 0 Å². The van der Waals surface area contributed by atoms with E-state index in [0.717, 1.165) is 41.2 Å². The molecular weight excluding hydrogens is 310 g/mol. The molecule has 0 saturated heterocycles. The molecule has 0 saturated carbocycles. The molecule has 0 aromatic carbocycles. The van der Waals surface area contributed by atoms with Crippen molar-refractivity contribution in [1.29, 1.82) is 0 Å². The fourth-order valence-electron chi connectivity index (χ4n) is 3.09. The summed E-state index contributed by atoms with van der Waals surface area (Å²) in [5.74, 6) is 0.0877. The Morgan fingerprint density at radius 2 is 2.30 bits per heavy atom. The summed E-state index contributed by atoms with van der Waals surface area (Å²) in [6.45, 7) is 4.36. The van der Waals surface area contributed by atoms with Gasteiger partial charge in [-0.1, -0.05) is 13.0 Å². The zero-order chi connectivity index (χ0) is 16.4. The van der Waals surface area contributed by atoms with Crippen LogP contribution in [0.2, 0.25) is 0 Å². The lowest BCUT2D eigenvalue weighted by Gasteiger charge is -2.27. The fraction of sp³-hybridized carbons (Fsp3) is 0.471. The van der Waals surface area contributed by atoms with E-state index in [1.807, 2.05) is 29.9 Å². The van der Waals surface area contributed by atoms with Crippen molar-refractivity contribution in [3.8, 4) is 0 Å². The maximum absolute atomic E-state index is 12.3. The molecule has 3 rings (SSSR count). The zero-order valence-electron chi connectivity index (χ0n) is 13.5. The molecule has 0 fully saturated rings. The van der Waals surface area contributed by atoms with Crippen LogP contribution in [0.3, 0.4) is 0 Å². The Morgan fingerprint density at radius 3 is 3.00 bits per heavy atom. The molecular formula is C17H21N3O2S. The maximum Gasteiger partial charge on any atom is 0.251 e. The minimum atomic E-state index is 0.0189. The number of fused-ring (bicyclic) bond motifs is 1. The van der Waals surface area contributed by atoms with Crippen molar-refractivity contribution in [2.75, 3.05) is 0 Å². The van der Waals surface area contributed by atoms with E-state index in [4.69, 9.17) is 0 Å². The van der Waals surface area contributed by atoms with Crippen LogP contribution in [0.25, 0.3) is 0 Å². The normalized spacial score (nSPS) is 16.9. The summed E-state index contributed by atoms with van der Waals surface area (Å²) in [6, 6.07) is 3.70. The van der Waals surface area contributed by atoms with Crippen molar-refractivity contribution in [3.05, 3.63) is 49.8 Å². The molecule has 5 nitrogen and oxygen atoms in total. The van der Waals surface area contributed by atoms with Crippen LogP contribution in [0.4, 0.5) is 0 Å². The van der Waals surface area contributed by atoms with Crippen LogP contribution in [-0.4, -0.2) is 21.5 Å². The molecule has 1 aliphatic rings. The van der Waals surface area contributed by atoms with Crippen LogP contribution in [0.5, 0.6) is 0 Å². The highest BCUT2D eigenvalue weighted by molar-refractivity contribution is 7.09. The van der Waals surface area contributed by atoms with Crippen molar-refractivity contribution in [1.82, 2.24) is 14.9 Å². The molecule has 23 heavy (non-hydrogen) atoms. The minimum absolute atomic E-state index is 0.0189. The van der Waals surface area contributed by atoms with Crippen LogP contribution in [-0.2, 0) is 24.2 Å². The number of hydrogen-bond donors (Lipinski definition) is 1. The van der Waals surface area contributed by atoms with E-state index in [0.29, 0.717) is 13.0 Å². The lowest BCUT2D eigenvalue weighted by molar-refractivity contribution is -0.121. The van der Waals surface area contributed by atoms with Crippen LogP contribution in [0.15, 0.2) is 22.3 Å². The van der Waals surface area contributed by atoms with E-state index in [9.17, 15) is 9.59 Å². The highest BCUT2D eigenvalue weighted by atomic mass is 32.1. The van der Waals surface area contributed by atoms with Crippen LogP contribution >= 0.6 is 11.3 Å². The number of nitrogens with zero attached hydrogens (tertiary/aromatic N) is 2. The van der Waals surface area contributed by atoms with E-state index in [2.05, 4.69) is 10.3 Å². The highest BCUT2D eigenvalue weighted by Crippen LogP contribution is 2.21. The van der Waals surface area contributed by atoms with Gasteiger partial charge in [-0.25, -0.2) is 4.98 Å². The largest absolute Gasteiger partial charge is 0.353 e. The molecule has 1 aliphatic carbocycles. The SMILES string of the molecule is CCC(=O)N[C@@H]1CCc2c(ccc(=O)n2Cc2csc(C)n2)C1. The fourth-order valence-corrected chi connectivity index (χ4v) is 3.70. The molecule has 6 heteroatoms. The number of nitrogens with one attached hydrogen (secondary N) is 1. The van der Waals surface area contributed by atoms with Crippen molar-refractivity contribution >= 4 is 17.2 Å². The maximum atomic E-state index is 12.3. The van der Waals surface area contributed by atoms with Crippen LogP contribution < -0.4 is 10.9 Å². The van der Waals surface area contributed by atoms with E-state index in [1.54, 1.807) is 17.4 Å². The van der Waals surface area contributed by atoms with E-state index >= 15 is 0 Å². The summed E-state index contributed by atoms with van der Waals surface area (Å²) < 4.78 is 1.84. The number of rotatable bonds is 4. The first-order valence-corrected chi connectivity index (χ1v) is 8.86. The van der Waals surface area contributed by atoms with Crippen LogP contribution in [0.1, 0.15) is 41.7 Å². The second-order valence-electron chi connectivity index (χ2n) is 5.95. The van der Waals surface area contributed by atoms with Crippen molar-refractivity contribution in [2.24, 2.45) is 0 Å². The third-order valence-electron chi connectivity index (χ3n) is 4.26. The van der Waals surface area contributed by atoms with Gasteiger partial charge in [-0.05, 0) is 31.7 Å². The van der Waals surface area contributed by atoms with Gasteiger partial charge in [-0.15, -0.1) is 11.3 Å². The summed E-state index contributed by atoms with van der Waals surface area (Å²) in [5, 5.41) is 6.08. The Morgan fingerprint density at radius 1 is 1.48 bits per heavy atom. The molecule has 0 spiro atoms. The summed E-state index contributed by atoms with van der Waals surface area (Å²) in [7, 11) is 0. The third kappa shape index (κ3) is 3.52. The van der Waals surface area contributed by atoms with Gasteiger partial charge >= 0.3 is 0 Å². The number of aryl methyl sites for hydroxylation is 1. The molecule has 1 amide bonds. The number of thiazole rings is 1. The average Bonchev–Trinajstić information content (AvgIpc) is 2.95. The first-order chi connectivity index (χ1) is 11.1. The Hall–Kier alpha value is -1.95. The number of carbonyl (C=O) groups excluding carboxylic acids is 1. The predicted molar refractivity (Wildman–Crippen MR) is 90.9 cm³/mol. The molecule has 2 aromatic rings. The summed E-state index contributed by atoms with van der Waals surface area (Å²) in [6.07, 6.45) is 2.98. The second kappa shape index (κ2) is 6.66. The lowest BCUT2D eigenvalue weighted by atomic mass is 9.91. The van der Waals surface area contributed by atoms with Gasteiger partial charge in [0, 0.05) is 29.6 Å². The second-order valence-corrected chi connectivity index (χ2v) is 7.01. The van der Waals surface area contributed by atoms with Gasteiger partial charge in [-0.2, -0.15) is 0 Å². The van der Waals surface area contributed by atoms with Gasteiger partial charge in [0.15, 0.2) is 0 Å². The van der Waals surface area contributed by atoms with Gasteiger partial charge in [0.2, 0.25) is 5.91 Å². The zero-order valence-corrected chi connectivity index (χ0v) is 14.3. The van der Waals surface area contributed by atoms with Crippen molar-refractivity contribution in [3.63, 3.8) is 0 Å². The predicted octanol–water partition coefficient (Wildman–Crippen LogP) is 2.05. The molecule has 1 atom stereocenters. The van der Waals surface area contributed by atoms with Gasteiger partial charge in [0.05, 0.1) is 17.2 Å². The molecule has 0 unspecified atom stereocenters. The Kier molecular flexibility index (Phi) is 4.61. The van der Waals surface area contributed by atoms with Crippen molar-refractivity contribution in [2.45, 2.75) is 52.1 Å². The minimum Gasteiger partial charge on any atom is -0.353 e. The van der Waals surface area contributed by atoms with E-state index in [1.165, 1.54) is 0 Å². The van der Waals surface area contributed by atoms with Crippen molar-refractivity contribution < 1.29 is 4.79 Å². The van der Waals surface area contributed by atoms with E-state index in [-0.39, 0.29) is 17.5 Å². The van der Waals surface area contributed by atoms with Gasteiger partial charge in [-0.3, -0.25) is 9.59 Å². The molecule has 0 aliphatic heterocycles. The first-order valence-electron chi connectivity index (χ1n) is 7.98. The number of amides is 1. The molecule has 122 valence electrons. The molecule has 1 N–H and O–H groups in total. The number of pyridine rings is 1. The highest BCUT2D eigenvalue weighted by Gasteiger charge is 2.22. The summed E-state index contributed by atoms with van der Waals surface area (Å²) in [5.41, 5.74) is 3.20. The Balaban J connectivity index is 1.85. The molecule has 2 aromatic heterocycles. The number of aromatic nitrogens is 2. The molecule has 0 radical (unpaired) electrons. The van der Waals surface area contributed by atoms with Crippen LogP contribution in [0, 0.1) is 6.92 Å². The molecule has 0 bridgehead atoms.